The third kappa shape index (κ3) is 3.69. The molecule has 8 nitrogen and oxygen atoms in total. The number of aliphatic imine (C=N–C) groups is 1. The molecular weight excluding hydrogens is 396 g/mol. The maximum atomic E-state index is 11.6. The summed E-state index contributed by atoms with van der Waals surface area (Å²) < 4.78 is 0. The lowest BCUT2D eigenvalue weighted by Crippen LogP contribution is -2.01. The van der Waals surface area contributed by atoms with Crippen LogP contribution < -0.4 is 0 Å². The molecule has 0 aliphatic carbocycles. The molecule has 0 unspecified atom stereocenters. The zero-order valence-corrected chi connectivity index (χ0v) is 18.6. The molecule has 1 aromatic carbocycles. The number of nitrogens with one attached hydrogen (secondary N) is 1. The molecule has 2 aromatic rings. The lowest BCUT2D eigenvalue weighted by Gasteiger charge is -2.13. The van der Waals surface area contributed by atoms with E-state index in [1.807, 2.05) is 27.7 Å². The second-order valence-corrected chi connectivity index (χ2v) is 7.68. The minimum absolute atomic E-state index is 0.521. The zero-order chi connectivity index (χ0) is 23.0. The number of nitrogens with zero attached hydrogens (tertiary/aromatic N) is 3. The van der Waals surface area contributed by atoms with Gasteiger partial charge in [-0.3, -0.25) is 25.2 Å². The van der Waals surface area contributed by atoms with Gasteiger partial charge in [-0.1, -0.05) is 13.8 Å². The first-order valence-corrected chi connectivity index (χ1v) is 10.2. The summed E-state index contributed by atoms with van der Waals surface area (Å²) in [5.41, 5.74) is 8.08. The number of rotatable bonds is 6. The lowest BCUT2D eigenvalue weighted by atomic mass is 9.92. The number of aromatic nitrogens is 1. The Labute approximate surface area is 180 Å². The van der Waals surface area contributed by atoms with Crippen molar-refractivity contribution in [2.45, 2.75) is 54.4 Å². The summed E-state index contributed by atoms with van der Waals surface area (Å²) in [6, 6.07) is 4.05. The summed E-state index contributed by atoms with van der Waals surface area (Å²) in [5.74, 6) is 0. The van der Waals surface area contributed by atoms with Crippen LogP contribution in [0, 0.1) is 34.1 Å². The van der Waals surface area contributed by atoms with Crippen molar-refractivity contribution in [3.8, 4) is 0 Å². The van der Waals surface area contributed by atoms with Gasteiger partial charge in [-0.05, 0) is 74.4 Å². The van der Waals surface area contributed by atoms with E-state index < -0.39 is 21.2 Å². The molecule has 162 valence electrons. The van der Waals surface area contributed by atoms with Crippen molar-refractivity contribution < 1.29 is 9.85 Å². The van der Waals surface area contributed by atoms with Crippen molar-refractivity contribution in [3.05, 3.63) is 83.3 Å². The first-order valence-electron chi connectivity index (χ1n) is 10.2. The van der Waals surface area contributed by atoms with E-state index in [-0.39, 0.29) is 0 Å². The summed E-state index contributed by atoms with van der Waals surface area (Å²) in [7, 11) is 0. The summed E-state index contributed by atoms with van der Waals surface area (Å²) in [6.45, 7) is 12.1. The number of H-pyrrole nitrogens is 1. The van der Waals surface area contributed by atoms with E-state index in [9.17, 15) is 20.2 Å². The minimum Gasteiger partial charge on any atom is -0.358 e. The Hall–Kier alpha value is -3.55. The molecule has 0 spiro atoms. The van der Waals surface area contributed by atoms with Gasteiger partial charge in [0.15, 0.2) is 0 Å². The molecular formula is C23H26N4O4. The zero-order valence-electron chi connectivity index (χ0n) is 18.6. The third-order valence-electron chi connectivity index (χ3n) is 5.97. The van der Waals surface area contributed by atoms with E-state index in [1.165, 1.54) is 17.7 Å². The predicted octanol–water partition coefficient (Wildman–Crippen LogP) is 5.97. The van der Waals surface area contributed by atoms with Gasteiger partial charge in [-0.25, -0.2) is 0 Å². The normalized spacial score (nSPS) is 15.4. The fourth-order valence-corrected chi connectivity index (χ4v) is 4.45. The average molecular weight is 422 g/mol. The van der Waals surface area contributed by atoms with E-state index in [0.717, 1.165) is 57.9 Å². The van der Waals surface area contributed by atoms with Gasteiger partial charge in [0.25, 0.3) is 0 Å². The molecule has 2 heterocycles. The second kappa shape index (κ2) is 8.29. The molecule has 1 aromatic heterocycles. The minimum atomic E-state index is -0.730. The quantitative estimate of drug-likeness (QED) is 0.456. The van der Waals surface area contributed by atoms with Gasteiger partial charge in [-0.15, -0.1) is 0 Å². The number of aryl methyl sites for hydroxylation is 1. The van der Waals surface area contributed by atoms with Crippen LogP contribution in [0.4, 0.5) is 11.4 Å². The molecule has 0 fully saturated rings. The number of hydrogen-bond acceptors (Lipinski definition) is 5. The summed E-state index contributed by atoms with van der Waals surface area (Å²) >= 11 is 0. The Morgan fingerprint density at radius 3 is 2.13 bits per heavy atom. The Kier molecular flexibility index (Phi) is 5.92. The lowest BCUT2D eigenvalue weighted by molar-refractivity contribution is -0.422. The molecule has 0 saturated carbocycles. The van der Waals surface area contributed by atoms with E-state index in [0.29, 0.717) is 5.56 Å². The largest absolute Gasteiger partial charge is 0.358 e. The molecule has 0 bridgehead atoms. The van der Waals surface area contributed by atoms with E-state index in [4.69, 9.17) is 4.99 Å². The fourth-order valence-electron chi connectivity index (χ4n) is 4.45. The smallest absolute Gasteiger partial charge is 0.346 e. The van der Waals surface area contributed by atoms with Crippen molar-refractivity contribution in [1.82, 2.24) is 4.98 Å². The average Bonchev–Trinajstić information content (AvgIpc) is 3.16. The third-order valence-corrected chi connectivity index (χ3v) is 5.97. The van der Waals surface area contributed by atoms with Gasteiger partial charge in [0.05, 0.1) is 21.2 Å². The van der Waals surface area contributed by atoms with E-state index in [1.54, 1.807) is 6.07 Å². The molecule has 8 heteroatoms. The predicted molar refractivity (Wildman–Crippen MR) is 122 cm³/mol. The van der Waals surface area contributed by atoms with Gasteiger partial charge < -0.3 is 4.98 Å². The molecule has 0 radical (unpaired) electrons. The van der Waals surface area contributed by atoms with Gasteiger partial charge in [0.1, 0.15) is 0 Å². The molecule has 31 heavy (non-hydrogen) atoms. The number of hydrogen-bond donors (Lipinski definition) is 1. The van der Waals surface area contributed by atoms with Crippen molar-refractivity contribution in [3.63, 3.8) is 0 Å². The van der Waals surface area contributed by atoms with Crippen LogP contribution in [0.1, 0.15) is 62.2 Å². The number of allylic oxidation sites excluding steroid dienone is 2. The van der Waals surface area contributed by atoms with Gasteiger partial charge in [0, 0.05) is 29.1 Å². The summed E-state index contributed by atoms with van der Waals surface area (Å²) in [4.78, 5) is 29.7. The van der Waals surface area contributed by atoms with E-state index >= 15 is 0 Å². The van der Waals surface area contributed by atoms with E-state index in [2.05, 4.69) is 18.8 Å². The molecule has 3 rings (SSSR count). The standard InChI is InChI=1S/C23H26N4O4/c1-7-17-12(3)22(24-14(17)5)21(23-13(4)18(8-2)15(6)25-23)16-9-10-19(26(28)29)20(11-16)27(30)31/h9-11,24H,7-8H2,1-6H3/b23-21-. The highest BCUT2D eigenvalue weighted by atomic mass is 16.6. The maximum absolute atomic E-state index is 11.6. The van der Waals surface area contributed by atoms with Crippen molar-refractivity contribution >= 4 is 22.7 Å². The van der Waals surface area contributed by atoms with Crippen LogP contribution in [-0.2, 0) is 6.42 Å². The number of nitro groups is 2. The molecule has 0 atom stereocenters. The van der Waals surface area contributed by atoms with Crippen LogP contribution >= 0.6 is 0 Å². The highest BCUT2D eigenvalue weighted by molar-refractivity contribution is 6.05. The monoisotopic (exact) mass is 422 g/mol. The number of benzene rings is 1. The Bertz CT molecular complexity index is 1200. The first-order chi connectivity index (χ1) is 14.6. The van der Waals surface area contributed by atoms with Crippen molar-refractivity contribution in [2.24, 2.45) is 4.99 Å². The van der Waals surface area contributed by atoms with Crippen LogP contribution in [0.2, 0.25) is 0 Å². The van der Waals surface area contributed by atoms with Crippen molar-refractivity contribution in [2.75, 3.05) is 0 Å². The summed E-state index contributed by atoms with van der Waals surface area (Å²) in [5, 5.41) is 22.9. The Morgan fingerprint density at radius 1 is 1.00 bits per heavy atom. The number of aromatic amines is 1. The fraction of sp³-hybridized carbons (Fsp3) is 0.348. The Morgan fingerprint density at radius 2 is 1.65 bits per heavy atom. The molecule has 1 aliphatic heterocycles. The van der Waals surface area contributed by atoms with Gasteiger partial charge in [0.2, 0.25) is 0 Å². The highest BCUT2D eigenvalue weighted by Gasteiger charge is 2.29. The van der Waals surface area contributed by atoms with Crippen molar-refractivity contribution in [1.29, 1.82) is 0 Å². The SMILES string of the molecule is CCC1=C(C)/C(=C(\c2ccc([N+](=O)[O-])c([N+](=O)[O-])c2)c2[nH]c(C)c(CC)c2C)N=C1C. The molecule has 0 amide bonds. The van der Waals surface area contributed by atoms with Gasteiger partial charge in [-0.2, -0.15) is 0 Å². The van der Waals surface area contributed by atoms with Crippen LogP contribution in [0.5, 0.6) is 0 Å². The highest BCUT2D eigenvalue weighted by Crippen LogP contribution is 2.41. The molecule has 1 N–H and O–H groups in total. The van der Waals surface area contributed by atoms with Crippen LogP contribution in [0.25, 0.3) is 5.57 Å². The first kappa shape index (κ1) is 22.1. The maximum Gasteiger partial charge on any atom is 0.346 e. The van der Waals surface area contributed by atoms with Crippen LogP contribution in [-0.4, -0.2) is 20.5 Å². The summed E-state index contributed by atoms with van der Waals surface area (Å²) in [6.07, 6.45) is 1.66. The van der Waals surface area contributed by atoms with Gasteiger partial charge >= 0.3 is 11.4 Å². The molecule has 0 saturated heterocycles. The Balaban J connectivity index is 2.42. The molecule has 1 aliphatic rings. The second-order valence-electron chi connectivity index (χ2n) is 7.68. The van der Waals surface area contributed by atoms with Crippen LogP contribution in [0.15, 0.2) is 40.0 Å². The number of nitro benzene ring substituents is 2. The van der Waals surface area contributed by atoms with Crippen LogP contribution in [0.3, 0.4) is 0 Å². The topological polar surface area (TPSA) is 114 Å².